The molecule has 0 atom stereocenters. The van der Waals surface area contributed by atoms with Crippen molar-refractivity contribution in [1.29, 1.82) is 0 Å². The van der Waals surface area contributed by atoms with Crippen molar-refractivity contribution in [3.63, 3.8) is 0 Å². The average molecular weight is 958 g/mol. The Morgan fingerprint density at radius 1 is 0.242 bits per heavy atom. The minimum atomic E-state index is -4.79. The van der Waals surface area contributed by atoms with Gasteiger partial charge in [-0.05, 0) is 72.8 Å². The molecule has 0 aromatic heterocycles. The summed E-state index contributed by atoms with van der Waals surface area (Å²) < 4.78 is 13.9. The molecule has 0 fully saturated rings. The molecule has 0 radical (unpaired) electrons. The summed E-state index contributed by atoms with van der Waals surface area (Å²) in [5.41, 5.74) is -1.95. The molecule has 0 saturated heterocycles. The predicted molar refractivity (Wildman–Crippen MR) is 234 cm³/mol. The Bertz CT molecular complexity index is 2720. The smallest absolute Gasteiger partial charge is 0.348 e. The highest BCUT2D eigenvalue weighted by Gasteiger charge is 2.41. The number of aromatic hydroxyl groups is 12. The fraction of sp³-hybridized carbons (Fsp3) is 0. The molecule has 7 rings (SSSR count). The van der Waals surface area contributed by atoms with Gasteiger partial charge in [-0.15, -0.1) is 30.7 Å². The third kappa shape index (κ3) is 10.7. The van der Waals surface area contributed by atoms with Gasteiger partial charge in [0, 0.05) is 36.4 Å². The van der Waals surface area contributed by atoms with E-state index >= 15 is 0 Å². The molecule has 1 heterocycles. The minimum Gasteiger partial charge on any atom is -0.508 e. The van der Waals surface area contributed by atoms with Crippen LogP contribution in [0.25, 0.3) is 0 Å². The highest BCUT2D eigenvalue weighted by Crippen LogP contribution is 2.83. The number of phenolic OH excluding ortho intramolecular Hbond substituents is 12. The van der Waals surface area contributed by atoms with Crippen LogP contribution < -0.4 is 0 Å². The summed E-state index contributed by atoms with van der Waals surface area (Å²) in [6.07, 6.45) is 0. The summed E-state index contributed by atoms with van der Waals surface area (Å²) in [6.45, 7) is 0. The van der Waals surface area contributed by atoms with E-state index in [4.69, 9.17) is 0 Å². The SMILES string of the molecule is Oc1ccc(N=NP2(N=Nc3ccc(O)cc3O)=NP(N=Nc3ccc(O)cc3O)(N=Nc3ccc(O)cc3O)=NP(N=Nc3ccc(O)cc3O)(N=Nc3ccc(O)cc3O)=N2)c(O)c1. The fourth-order valence-corrected chi connectivity index (χ4v) is 13.4. The monoisotopic (exact) mass is 957 g/mol. The van der Waals surface area contributed by atoms with Crippen molar-refractivity contribution in [1.82, 2.24) is 0 Å². The number of hydrogen-bond acceptors (Lipinski definition) is 27. The van der Waals surface area contributed by atoms with Gasteiger partial charge < -0.3 is 61.3 Å². The Labute approximate surface area is 368 Å². The Morgan fingerprint density at radius 3 is 0.530 bits per heavy atom. The molecular weight excluding hydrogens is 927 g/mol. The van der Waals surface area contributed by atoms with Crippen LogP contribution in [0.3, 0.4) is 0 Å². The van der Waals surface area contributed by atoms with Gasteiger partial charge in [0.2, 0.25) is 0 Å². The lowest BCUT2D eigenvalue weighted by atomic mass is 10.3. The topological polar surface area (TPSA) is 428 Å². The highest BCUT2D eigenvalue weighted by molar-refractivity contribution is 7.84. The van der Waals surface area contributed by atoms with Crippen molar-refractivity contribution in [3.8, 4) is 69.0 Å². The van der Waals surface area contributed by atoms with Gasteiger partial charge in [0.1, 0.15) is 103 Å². The van der Waals surface area contributed by atoms with Crippen LogP contribution in [0.2, 0.25) is 0 Å². The summed E-state index contributed by atoms with van der Waals surface area (Å²) in [5, 5.41) is 149. The Kier molecular flexibility index (Phi) is 12.7. The zero-order valence-corrected chi connectivity index (χ0v) is 35.5. The van der Waals surface area contributed by atoms with Crippen LogP contribution in [0.1, 0.15) is 0 Å². The van der Waals surface area contributed by atoms with Crippen molar-refractivity contribution in [2.45, 2.75) is 0 Å². The molecule has 0 aliphatic carbocycles. The van der Waals surface area contributed by atoms with E-state index in [2.05, 4.69) is 73.5 Å². The normalized spacial score (nSPS) is 19.8. The van der Waals surface area contributed by atoms with E-state index in [1.807, 2.05) is 0 Å². The molecule has 1 aliphatic heterocycles. The molecule has 27 nitrogen and oxygen atoms in total. The summed E-state index contributed by atoms with van der Waals surface area (Å²) in [7, 11) is -14.4. The van der Waals surface area contributed by atoms with E-state index in [1.165, 1.54) is 0 Å². The molecule has 30 heteroatoms. The van der Waals surface area contributed by atoms with Gasteiger partial charge in [0.25, 0.3) is 0 Å². The van der Waals surface area contributed by atoms with E-state index < -0.39 is 57.0 Å². The lowest BCUT2D eigenvalue weighted by Crippen LogP contribution is -1.83. The highest BCUT2D eigenvalue weighted by atomic mass is 31.3. The third-order valence-corrected chi connectivity index (χ3v) is 15.8. The second-order valence-corrected chi connectivity index (χ2v) is 19.5. The van der Waals surface area contributed by atoms with Gasteiger partial charge >= 0.3 is 22.5 Å². The molecule has 0 unspecified atom stereocenters. The van der Waals surface area contributed by atoms with Crippen molar-refractivity contribution in [3.05, 3.63) is 109 Å². The largest absolute Gasteiger partial charge is 0.508 e. The number of rotatable bonds is 12. The maximum atomic E-state index is 10.7. The maximum absolute atomic E-state index is 10.7. The van der Waals surface area contributed by atoms with Crippen LogP contribution in [0, 0.1) is 0 Å². The number of phenols is 12. The number of benzene rings is 6. The zero-order chi connectivity index (χ0) is 47.2. The number of hydrogen-bond donors (Lipinski definition) is 12. The van der Waals surface area contributed by atoms with Gasteiger partial charge in [-0.2, -0.15) is 13.5 Å². The van der Waals surface area contributed by atoms with Crippen LogP contribution in [0.4, 0.5) is 34.1 Å². The fourth-order valence-electron chi connectivity index (χ4n) is 5.03. The van der Waals surface area contributed by atoms with Crippen LogP contribution >= 0.6 is 22.5 Å². The first-order chi connectivity index (χ1) is 31.4. The van der Waals surface area contributed by atoms with Crippen molar-refractivity contribution < 1.29 is 61.3 Å². The molecule has 6 aromatic carbocycles. The minimum absolute atomic E-state index is 0.326. The van der Waals surface area contributed by atoms with Crippen molar-refractivity contribution in [2.24, 2.45) is 73.5 Å². The first-order valence-corrected chi connectivity index (χ1v) is 22.9. The second-order valence-electron chi connectivity index (χ2n) is 13.1. The van der Waals surface area contributed by atoms with Crippen LogP contribution in [-0.4, -0.2) is 61.3 Å². The molecule has 336 valence electrons. The molecule has 0 saturated carbocycles. The van der Waals surface area contributed by atoms with Gasteiger partial charge in [-0.25, -0.2) is 0 Å². The first-order valence-electron chi connectivity index (χ1n) is 18.1. The Hall–Kier alpha value is -8.79. The van der Waals surface area contributed by atoms with Crippen molar-refractivity contribution in [2.75, 3.05) is 0 Å². The van der Waals surface area contributed by atoms with E-state index in [1.54, 1.807) is 0 Å². The van der Waals surface area contributed by atoms with E-state index in [0.29, 0.717) is 0 Å². The molecular formula is C36H30N15O12P3. The summed E-state index contributed by atoms with van der Waals surface area (Å²) >= 11 is 0. The lowest BCUT2D eigenvalue weighted by molar-refractivity contribution is 0.450. The van der Waals surface area contributed by atoms with Crippen LogP contribution in [0.5, 0.6) is 69.0 Å². The summed E-state index contributed by atoms with van der Waals surface area (Å²) in [6, 6.07) is 19.2. The molecule has 0 spiro atoms. The van der Waals surface area contributed by atoms with E-state index in [9.17, 15) is 61.3 Å². The first kappa shape index (κ1) is 45.2. The predicted octanol–water partition coefficient (Wildman–Crippen LogP) is 13.0. The Balaban J connectivity index is 1.66. The van der Waals surface area contributed by atoms with Gasteiger partial charge in [-0.3, -0.25) is 0 Å². The standard InChI is InChI=1S/C36H30N15O12P3/c52-19-1-7-25(31(58)13-19)37-43-64(44-38-26-8-2-20(53)14-32(26)59)49-65(45-39-27-9-3-21(54)15-33(27)60,46-40-28-10-4-22(55)16-34(28)61)51-66(50-64,47-41-29-11-5-23(56)17-35(29)62)48-42-30-12-6-24(57)18-36(30)63/h1-18,52-63H. The average Bonchev–Trinajstić information content (AvgIpc) is 3.25. The van der Waals surface area contributed by atoms with Gasteiger partial charge in [0.05, 0.1) is 0 Å². The summed E-state index contributed by atoms with van der Waals surface area (Å²) in [5.74, 6) is -5.95. The van der Waals surface area contributed by atoms with Gasteiger partial charge in [-0.1, -0.05) is 29.3 Å². The maximum Gasteiger partial charge on any atom is 0.348 e. The quantitative estimate of drug-likeness (QED) is 0.0402. The van der Waals surface area contributed by atoms with E-state index in [0.717, 1.165) is 109 Å². The lowest BCUT2D eigenvalue weighted by Gasteiger charge is -2.21. The van der Waals surface area contributed by atoms with E-state index in [-0.39, 0.29) is 68.6 Å². The summed E-state index contributed by atoms with van der Waals surface area (Å²) in [4.78, 5) is 25.8. The molecule has 6 aromatic rings. The molecule has 1 aliphatic rings. The molecule has 0 amide bonds. The molecule has 0 bridgehead atoms. The van der Waals surface area contributed by atoms with Crippen molar-refractivity contribution >= 4 is 56.6 Å². The Morgan fingerprint density at radius 2 is 0.394 bits per heavy atom. The zero-order valence-electron chi connectivity index (χ0n) is 32.8. The van der Waals surface area contributed by atoms with Crippen LogP contribution in [-0.2, 0) is 0 Å². The third-order valence-electron chi connectivity index (χ3n) is 8.11. The van der Waals surface area contributed by atoms with Gasteiger partial charge in [0.15, 0.2) is 0 Å². The second kappa shape index (κ2) is 18.5. The molecule has 12 N–H and O–H groups in total. The molecule has 66 heavy (non-hydrogen) atoms. The van der Waals surface area contributed by atoms with Crippen LogP contribution in [0.15, 0.2) is 183 Å². The number of nitrogens with zero attached hydrogens (tertiary/aromatic N) is 15.